The molecular weight excluding hydrogens is 364 g/mol. The van der Waals surface area contributed by atoms with Crippen LogP contribution in [0.4, 0.5) is 0 Å². The fourth-order valence-corrected chi connectivity index (χ4v) is 3.10. The highest BCUT2D eigenvalue weighted by atomic mass is 79.9. The van der Waals surface area contributed by atoms with Crippen LogP contribution in [0.5, 0.6) is 5.75 Å². The molecule has 3 rings (SSSR count). The molecule has 0 unspecified atom stereocenters. The molecule has 0 aliphatic heterocycles. The van der Waals surface area contributed by atoms with Gasteiger partial charge in [0.15, 0.2) is 0 Å². The Morgan fingerprint density at radius 3 is 2.73 bits per heavy atom. The van der Waals surface area contributed by atoms with Gasteiger partial charge >= 0.3 is 0 Å². The van der Waals surface area contributed by atoms with Crippen LogP contribution in [-0.4, -0.2) is 16.7 Å². The van der Waals surface area contributed by atoms with E-state index in [1.807, 2.05) is 24.3 Å². The molecule has 0 aliphatic carbocycles. The van der Waals surface area contributed by atoms with E-state index in [0.29, 0.717) is 22.5 Å². The van der Waals surface area contributed by atoms with Crippen LogP contribution in [0.2, 0.25) is 0 Å². The van der Waals surface area contributed by atoms with Gasteiger partial charge < -0.3 is 4.74 Å². The Morgan fingerprint density at radius 1 is 1.23 bits per heavy atom. The molecule has 0 N–H and O–H groups in total. The van der Waals surface area contributed by atoms with Gasteiger partial charge in [-0.05, 0) is 36.4 Å². The Hall–Kier alpha value is -1.79. The Balaban J connectivity index is 1.86. The molecule has 0 spiro atoms. The second-order valence-electron chi connectivity index (χ2n) is 4.63. The molecular formula is C16H13BrN2O2S. The van der Waals surface area contributed by atoms with E-state index in [0.717, 1.165) is 9.37 Å². The van der Waals surface area contributed by atoms with Crippen LogP contribution in [-0.2, 0) is 5.88 Å². The number of methoxy groups -OCH3 is 1. The van der Waals surface area contributed by atoms with E-state index in [4.69, 9.17) is 4.74 Å². The van der Waals surface area contributed by atoms with Gasteiger partial charge in [-0.2, -0.15) is 0 Å². The lowest BCUT2D eigenvalue weighted by Gasteiger charge is -2.07. The van der Waals surface area contributed by atoms with Crippen molar-refractivity contribution in [1.29, 1.82) is 0 Å². The molecule has 4 nitrogen and oxygen atoms in total. The molecule has 0 radical (unpaired) electrons. The van der Waals surface area contributed by atoms with Crippen LogP contribution < -0.4 is 10.3 Å². The SMILES string of the molecule is COc1ccc2c(=O)n(CSc3ccc(Br)cc3)cnc2c1. The topological polar surface area (TPSA) is 44.1 Å². The molecule has 0 saturated carbocycles. The van der Waals surface area contributed by atoms with Gasteiger partial charge in [0, 0.05) is 15.4 Å². The highest BCUT2D eigenvalue weighted by Crippen LogP contribution is 2.22. The molecule has 0 bridgehead atoms. The van der Waals surface area contributed by atoms with Crippen molar-refractivity contribution in [3.8, 4) is 5.75 Å². The average Bonchev–Trinajstić information content (AvgIpc) is 2.55. The Morgan fingerprint density at radius 2 is 2.00 bits per heavy atom. The molecule has 0 atom stereocenters. The Kier molecular flexibility index (Phi) is 4.49. The predicted molar refractivity (Wildman–Crippen MR) is 92.6 cm³/mol. The zero-order valence-corrected chi connectivity index (χ0v) is 14.2. The van der Waals surface area contributed by atoms with E-state index in [1.54, 1.807) is 48.0 Å². The smallest absolute Gasteiger partial charge is 0.261 e. The summed E-state index contributed by atoms with van der Waals surface area (Å²) in [5, 5.41) is 0.597. The molecule has 1 aromatic heterocycles. The fraction of sp³-hybridized carbons (Fsp3) is 0.125. The van der Waals surface area contributed by atoms with Gasteiger partial charge in [0.05, 0.1) is 30.2 Å². The van der Waals surface area contributed by atoms with Gasteiger partial charge in [0.25, 0.3) is 5.56 Å². The minimum Gasteiger partial charge on any atom is -0.497 e. The largest absolute Gasteiger partial charge is 0.497 e. The first-order chi connectivity index (χ1) is 10.7. The Labute approximate surface area is 140 Å². The van der Waals surface area contributed by atoms with Crippen LogP contribution in [0.1, 0.15) is 0 Å². The van der Waals surface area contributed by atoms with E-state index in [-0.39, 0.29) is 5.56 Å². The lowest BCUT2D eigenvalue weighted by Crippen LogP contribution is -2.19. The fourth-order valence-electron chi connectivity index (χ4n) is 2.03. The second-order valence-corrected chi connectivity index (χ2v) is 6.56. The second kappa shape index (κ2) is 6.54. The van der Waals surface area contributed by atoms with Gasteiger partial charge in [-0.25, -0.2) is 4.98 Å². The number of aromatic nitrogens is 2. The third-order valence-corrected chi connectivity index (χ3v) is 4.76. The first-order valence-electron chi connectivity index (χ1n) is 6.59. The number of halogens is 1. The third kappa shape index (κ3) is 3.18. The molecule has 112 valence electrons. The van der Waals surface area contributed by atoms with Gasteiger partial charge in [-0.3, -0.25) is 9.36 Å². The van der Waals surface area contributed by atoms with Crippen molar-refractivity contribution in [2.45, 2.75) is 10.8 Å². The summed E-state index contributed by atoms with van der Waals surface area (Å²) in [7, 11) is 1.59. The van der Waals surface area contributed by atoms with Crippen molar-refractivity contribution in [2.24, 2.45) is 0 Å². The molecule has 0 amide bonds. The first-order valence-corrected chi connectivity index (χ1v) is 8.37. The third-order valence-electron chi connectivity index (χ3n) is 3.22. The van der Waals surface area contributed by atoms with Gasteiger partial charge in [-0.15, -0.1) is 11.8 Å². The van der Waals surface area contributed by atoms with Crippen LogP contribution in [0.25, 0.3) is 10.9 Å². The summed E-state index contributed by atoms with van der Waals surface area (Å²) in [6.07, 6.45) is 1.58. The number of nitrogens with zero attached hydrogens (tertiary/aromatic N) is 2. The normalized spacial score (nSPS) is 10.8. The summed E-state index contributed by atoms with van der Waals surface area (Å²) < 4.78 is 7.80. The lowest BCUT2D eigenvalue weighted by atomic mass is 10.2. The van der Waals surface area contributed by atoms with Crippen LogP contribution in [0, 0.1) is 0 Å². The van der Waals surface area contributed by atoms with E-state index < -0.39 is 0 Å². The standard InChI is InChI=1S/C16H13BrN2O2S/c1-21-12-4-7-14-15(8-12)18-9-19(16(14)20)10-22-13-5-2-11(17)3-6-13/h2-9H,10H2,1H3. The monoisotopic (exact) mass is 376 g/mol. The summed E-state index contributed by atoms with van der Waals surface area (Å²) in [5.74, 6) is 1.22. The predicted octanol–water partition coefficient (Wildman–Crippen LogP) is 3.92. The van der Waals surface area contributed by atoms with Gasteiger partial charge in [-0.1, -0.05) is 15.9 Å². The molecule has 1 heterocycles. The highest BCUT2D eigenvalue weighted by Gasteiger charge is 2.06. The maximum atomic E-state index is 12.5. The number of ether oxygens (including phenoxy) is 1. The molecule has 0 aliphatic rings. The van der Waals surface area contributed by atoms with E-state index in [9.17, 15) is 4.79 Å². The van der Waals surface area contributed by atoms with E-state index in [2.05, 4.69) is 20.9 Å². The first kappa shape index (κ1) is 15.1. The number of hydrogen-bond donors (Lipinski definition) is 0. The number of fused-ring (bicyclic) bond motifs is 1. The van der Waals surface area contributed by atoms with Crippen molar-refractivity contribution in [2.75, 3.05) is 7.11 Å². The summed E-state index contributed by atoms with van der Waals surface area (Å²) in [6, 6.07) is 13.3. The number of benzene rings is 2. The molecule has 0 saturated heterocycles. The number of hydrogen-bond acceptors (Lipinski definition) is 4. The summed E-state index contributed by atoms with van der Waals surface area (Å²) in [6.45, 7) is 0. The lowest BCUT2D eigenvalue weighted by molar-refractivity contribution is 0.415. The van der Waals surface area contributed by atoms with Gasteiger partial charge in [0.1, 0.15) is 5.75 Å². The molecule has 22 heavy (non-hydrogen) atoms. The van der Waals surface area contributed by atoms with Crippen molar-refractivity contribution < 1.29 is 4.74 Å². The van der Waals surface area contributed by atoms with Crippen molar-refractivity contribution in [3.63, 3.8) is 0 Å². The number of rotatable bonds is 4. The maximum absolute atomic E-state index is 12.5. The van der Waals surface area contributed by atoms with Crippen LogP contribution in [0.3, 0.4) is 0 Å². The maximum Gasteiger partial charge on any atom is 0.261 e. The van der Waals surface area contributed by atoms with Crippen molar-refractivity contribution in [3.05, 3.63) is 63.6 Å². The Bertz CT molecular complexity index is 862. The minimum absolute atomic E-state index is 0.0442. The molecule has 2 aromatic carbocycles. The summed E-state index contributed by atoms with van der Waals surface area (Å²) >= 11 is 5.00. The molecule has 3 aromatic rings. The zero-order valence-electron chi connectivity index (χ0n) is 11.8. The van der Waals surface area contributed by atoms with Crippen molar-refractivity contribution >= 4 is 38.6 Å². The average molecular weight is 377 g/mol. The summed E-state index contributed by atoms with van der Waals surface area (Å²) in [5.41, 5.74) is 0.603. The van der Waals surface area contributed by atoms with Crippen LogP contribution >= 0.6 is 27.7 Å². The zero-order chi connectivity index (χ0) is 15.5. The number of thioether (sulfide) groups is 1. The minimum atomic E-state index is -0.0442. The summed E-state index contributed by atoms with van der Waals surface area (Å²) in [4.78, 5) is 17.9. The molecule has 0 fully saturated rings. The van der Waals surface area contributed by atoms with E-state index >= 15 is 0 Å². The quantitative estimate of drug-likeness (QED) is 0.647. The van der Waals surface area contributed by atoms with E-state index in [1.165, 1.54) is 0 Å². The highest BCUT2D eigenvalue weighted by molar-refractivity contribution is 9.10. The van der Waals surface area contributed by atoms with Crippen LogP contribution in [0.15, 0.2) is 63.0 Å². The molecule has 6 heteroatoms. The van der Waals surface area contributed by atoms with Crippen molar-refractivity contribution in [1.82, 2.24) is 9.55 Å². The van der Waals surface area contributed by atoms with Gasteiger partial charge in [0.2, 0.25) is 0 Å².